The minimum Gasteiger partial charge on any atom is -0.365 e. The van der Waals surface area contributed by atoms with E-state index >= 15 is 0 Å². The van der Waals surface area contributed by atoms with E-state index in [1.54, 1.807) is 24.3 Å². The molecule has 0 spiro atoms. The Labute approximate surface area is 164 Å². The van der Waals surface area contributed by atoms with Crippen molar-refractivity contribution < 1.29 is 14.0 Å². The molecule has 8 heteroatoms. The van der Waals surface area contributed by atoms with Crippen LogP contribution >= 0.6 is 23.4 Å². The third kappa shape index (κ3) is 3.82. The lowest BCUT2D eigenvalue weighted by molar-refractivity contribution is -0.117. The van der Waals surface area contributed by atoms with Crippen molar-refractivity contribution in [3.8, 4) is 6.07 Å². The van der Waals surface area contributed by atoms with E-state index in [1.807, 2.05) is 6.07 Å². The zero-order valence-corrected chi connectivity index (χ0v) is 15.4. The van der Waals surface area contributed by atoms with E-state index in [0.29, 0.717) is 17.1 Å². The molecule has 5 nitrogen and oxygen atoms in total. The largest absolute Gasteiger partial charge is 0.365 e. The van der Waals surface area contributed by atoms with Gasteiger partial charge in [-0.25, -0.2) is 4.39 Å². The Balaban J connectivity index is 2.05. The molecule has 0 unspecified atom stereocenters. The van der Waals surface area contributed by atoms with Crippen LogP contribution in [0.4, 0.5) is 10.1 Å². The zero-order valence-electron chi connectivity index (χ0n) is 13.9. The van der Waals surface area contributed by atoms with Gasteiger partial charge in [0.2, 0.25) is 5.91 Å². The molecule has 136 valence electrons. The fraction of sp³-hybridized carbons (Fsp3) is 0.105. The van der Waals surface area contributed by atoms with Crippen molar-refractivity contribution in [1.82, 2.24) is 0 Å². The number of hydrogen-bond acceptors (Lipinski definition) is 4. The number of carbonyl (C=O) groups is 2. The molecule has 27 heavy (non-hydrogen) atoms. The van der Waals surface area contributed by atoms with Gasteiger partial charge < -0.3 is 5.73 Å². The van der Waals surface area contributed by atoms with E-state index in [4.69, 9.17) is 17.3 Å². The van der Waals surface area contributed by atoms with Gasteiger partial charge in [-0.2, -0.15) is 5.26 Å². The lowest BCUT2D eigenvalue weighted by Crippen LogP contribution is -2.31. The molecule has 0 aliphatic carbocycles. The normalized spacial score (nSPS) is 18.3. The number of nitrogens with zero attached hydrogens (tertiary/aromatic N) is 2. The van der Waals surface area contributed by atoms with Gasteiger partial charge >= 0.3 is 0 Å². The van der Waals surface area contributed by atoms with Crippen LogP contribution in [-0.2, 0) is 16.0 Å². The molecule has 0 saturated carbocycles. The van der Waals surface area contributed by atoms with Gasteiger partial charge in [0.1, 0.15) is 22.5 Å². The second-order valence-corrected chi connectivity index (χ2v) is 7.31. The summed E-state index contributed by atoms with van der Waals surface area (Å²) in [6.45, 7) is 0. The first-order chi connectivity index (χ1) is 12.9. The minimum absolute atomic E-state index is 0.138. The summed E-state index contributed by atoms with van der Waals surface area (Å²) in [5, 5.41) is 9.38. The number of benzene rings is 2. The van der Waals surface area contributed by atoms with Crippen molar-refractivity contribution >= 4 is 40.9 Å². The number of halogens is 2. The van der Waals surface area contributed by atoms with E-state index in [1.165, 1.54) is 29.2 Å². The van der Waals surface area contributed by atoms with Crippen LogP contribution < -0.4 is 10.6 Å². The molecular formula is C19H13ClFN3O2S. The number of primary amides is 1. The fourth-order valence-corrected chi connectivity index (χ4v) is 4.20. The van der Waals surface area contributed by atoms with Gasteiger partial charge in [0, 0.05) is 10.7 Å². The van der Waals surface area contributed by atoms with Gasteiger partial charge in [-0.1, -0.05) is 41.6 Å². The summed E-state index contributed by atoms with van der Waals surface area (Å²) < 4.78 is 13.3. The second kappa shape index (κ2) is 7.82. The summed E-state index contributed by atoms with van der Waals surface area (Å²) in [6.07, 6.45) is 0.307. The van der Waals surface area contributed by atoms with E-state index in [9.17, 15) is 19.2 Å². The summed E-state index contributed by atoms with van der Waals surface area (Å²) in [4.78, 5) is 25.9. The number of carbonyl (C=O) groups excluding carboxylic acids is 2. The van der Waals surface area contributed by atoms with Crippen LogP contribution in [0.15, 0.2) is 59.1 Å². The monoisotopic (exact) mass is 401 g/mol. The predicted octanol–water partition coefficient (Wildman–Crippen LogP) is 3.39. The predicted molar refractivity (Wildman–Crippen MR) is 102 cm³/mol. The molecule has 0 aromatic heterocycles. The number of thioether (sulfide) groups is 1. The highest BCUT2D eigenvalue weighted by molar-refractivity contribution is 8.05. The van der Waals surface area contributed by atoms with Crippen LogP contribution in [-0.4, -0.2) is 17.1 Å². The van der Waals surface area contributed by atoms with Gasteiger partial charge in [0.15, 0.2) is 0 Å². The lowest BCUT2D eigenvalue weighted by atomic mass is 10.1. The van der Waals surface area contributed by atoms with Gasteiger partial charge in [-0.3, -0.25) is 14.5 Å². The topological polar surface area (TPSA) is 87.2 Å². The van der Waals surface area contributed by atoms with Crippen LogP contribution in [0.2, 0.25) is 5.02 Å². The second-order valence-electron chi connectivity index (χ2n) is 5.71. The van der Waals surface area contributed by atoms with Crippen molar-refractivity contribution in [2.24, 2.45) is 5.73 Å². The van der Waals surface area contributed by atoms with Crippen molar-refractivity contribution in [2.45, 2.75) is 11.7 Å². The molecule has 1 fully saturated rings. The number of nitriles is 1. The smallest absolute Gasteiger partial charge is 0.262 e. The van der Waals surface area contributed by atoms with Gasteiger partial charge in [-0.05, 0) is 42.3 Å². The zero-order chi connectivity index (χ0) is 19.6. The maximum absolute atomic E-state index is 13.3. The van der Waals surface area contributed by atoms with Crippen molar-refractivity contribution in [1.29, 1.82) is 5.26 Å². The molecule has 3 rings (SSSR count). The molecule has 0 bridgehead atoms. The summed E-state index contributed by atoms with van der Waals surface area (Å²) >= 11 is 7.25. The van der Waals surface area contributed by atoms with E-state index in [-0.39, 0.29) is 16.5 Å². The Hall–Kier alpha value is -2.82. The molecule has 1 aliphatic heterocycles. The first-order valence-electron chi connectivity index (χ1n) is 7.86. The first-order valence-corrected chi connectivity index (χ1v) is 9.12. The minimum atomic E-state index is -0.932. The Morgan fingerprint density at radius 3 is 2.52 bits per heavy atom. The maximum Gasteiger partial charge on any atom is 0.262 e. The average molecular weight is 402 g/mol. The highest BCUT2D eigenvalue weighted by atomic mass is 35.5. The highest BCUT2D eigenvalue weighted by Crippen LogP contribution is 2.42. The van der Waals surface area contributed by atoms with Crippen LogP contribution in [0.1, 0.15) is 5.56 Å². The Morgan fingerprint density at radius 2 is 1.93 bits per heavy atom. The lowest BCUT2D eigenvalue weighted by Gasteiger charge is -2.18. The Kier molecular flexibility index (Phi) is 5.49. The Morgan fingerprint density at radius 1 is 1.26 bits per heavy atom. The van der Waals surface area contributed by atoms with E-state index in [2.05, 4.69) is 0 Å². The highest BCUT2D eigenvalue weighted by Gasteiger charge is 2.40. The average Bonchev–Trinajstić information content (AvgIpc) is 2.94. The number of amides is 2. The van der Waals surface area contributed by atoms with Crippen molar-refractivity contribution in [2.75, 3.05) is 4.90 Å². The van der Waals surface area contributed by atoms with Gasteiger partial charge in [-0.15, -0.1) is 0 Å². The summed E-state index contributed by atoms with van der Waals surface area (Å²) in [5.74, 6) is -1.74. The quantitative estimate of drug-likeness (QED) is 0.628. The van der Waals surface area contributed by atoms with Crippen LogP contribution in [0.25, 0.3) is 0 Å². The van der Waals surface area contributed by atoms with E-state index < -0.39 is 17.0 Å². The van der Waals surface area contributed by atoms with Crippen LogP contribution in [0.3, 0.4) is 0 Å². The molecule has 2 aromatic rings. The standard InChI is InChI=1S/C19H13ClFN3O2S/c20-15-4-2-1-3-11(15)9-16-18(26)24(13-7-5-12(21)6-8-13)19(27-16)14(10-22)17(23)25/h1-8,16H,9H2,(H2,23,25)/b19-14-/t16-/m1/s1. The van der Waals surface area contributed by atoms with E-state index in [0.717, 1.165) is 17.3 Å². The molecule has 1 saturated heterocycles. The molecule has 2 N–H and O–H groups in total. The maximum atomic E-state index is 13.3. The first kappa shape index (κ1) is 19.0. The summed E-state index contributed by atoms with van der Waals surface area (Å²) in [7, 11) is 0. The molecule has 2 aromatic carbocycles. The molecule has 1 heterocycles. The van der Waals surface area contributed by atoms with Crippen LogP contribution in [0.5, 0.6) is 0 Å². The van der Waals surface area contributed by atoms with Gasteiger partial charge in [0.05, 0.1) is 5.25 Å². The molecule has 1 aliphatic rings. The molecular weight excluding hydrogens is 389 g/mol. The number of nitrogens with two attached hydrogens (primary N) is 1. The third-order valence-electron chi connectivity index (χ3n) is 3.97. The number of rotatable bonds is 4. The Bertz CT molecular complexity index is 985. The third-order valence-corrected chi connectivity index (χ3v) is 5.60. The summed E-state index contributed by atoms with van der Waals surface area (Å²) in [5.41, 5.74) is 6.10. The van der Waals surface area contributed by atoms with Crippen molar-refractivity contribution in [3.63, 3.8) is 0 Å². The number of hydrogen-bond donors (Lipinski definition) is 1. The molecule has 0 radical (unpaired) electrons. The van der Waals surface area contributed by atoms with Crippen LogP contribution in [0, 0.1) is 17.1 Å². The number of anilines is 1. The SMILES string of the molecule is N#C/C(C(N)=O)=C1/S[C@H](Cc2ccccc2Cl)C(=O)N1c1ccc(F)cc1. The van der Waals surface area contributed by atoms with Crippen molar-refractivity contribution in [3.05, 3.63) is 75.5 Å². The molecule has 2 amide bonds. The molecule has 1 atom stereocenters. The summed E-state index contributed by atoms with van der Waals surface area (Å²) in [6, 6.07) is 14.1. The fourth-order valence-electron chi connectivity index (χ4n) is 2.69. The van der Waals surface area contributed by atoms with Gasteiger partial charge in [0.25, 0.3) is 5.91 Å².